The molecule has 2 aromatic heterocycles. The summed E-state index contributed by atoms with van der Waals surface area (Å²) in [5.41, 5.74) is 1.75. The molecular formula is C20H24N2O3S2. The lowest BCUT2D eigenvalue weighted by Gasteiger charge is -2.33. The number of thioether (sulfide) groups is 1. The lowest BCUT2D eigenvalue weighted by atomic mass is 10.0. The highest BCUT2D eigenvalue weighted by molar-refractivity contribution is 7.98. The highest BCUT2D eigenvalue weighted by Gasteiger charge is 2.29. The molecule has 1 saturated heterocycles. The second-order valence-electron chi connectivity index (χ2n) is 7.08. The first-order valence-corrected chi connectivity index (χ1v) is 11.4. The number of thiophene rings is 1. The average Bonchev–Trinajstić information content (AvgIpc) is 3.33. The van der Waals surface area contributed by atoms with Crippen LogP contribution in [0.15, 0.2) is 24.5 Å². The van der Waals surface area contributed by atoms with Gasteiger partial charge in [0.15, 0.2) is 6.61 Å². The third-order valence-electron chi connectivity index (χ3n) is 5.29. The molecule has 144 valence electrons. The van der Waals surface area contributed by atoms with Crippen molar-refractivity contribution in [1.29, 1.82) is 0 Å². The maximum absolute atomic E-state index is 13.0. The van der Waals surface area contributed by atoms with Crippen molar-refractivity contribution in [3.05, 3.63) is 40.5 Å². The van der Waals surface area contributed by atoms with E-state index in [-0.39, 0.29) is 24.5 Å². The van der Waals surface area contributed by atoms with Gasteiger partial charge in [0, 0.05) is 35.6 Å². The van der Waals surface area contributed by atoms with E-state index in [0.29, 0.717) is 5.56 Å². The molecule has 0 bridgehead atoms. The van der Waals surface area contributed by atoms with Crippen LogP contribution in [-0.4, -0.2) is 46.3 Å². The molecule has 0 N–H and O–H groups in total. The van der Waals surface area contributed by atoms with Crippen LogP contribution in [0, 0.1) is 0 Å². The van der Waals surface area contributed by atoms with Crippen molar-refractivity contribution in [3.63, 3.8) is 0 Å². The SMILES string of the molecule is CC1CCCCN1C(=O)COC(=O)c1c(-n2cccc2)sc2c1CCSC2. The standard InChI is InChI=1S/C20H24N2O3S2/c1-14-6-2-3-10-22(14)17(23)12-25-20(24)18-15-7-11-26-13-16(15)27-19(18)21-8-4-5-9-21/h4-5,8-9,14H,2-3,6-7,10-13H2,1H3. The summed E-state index contributed by atoms with van der Waals surface area (Å²) in [5.74, 6) is 1.49. The van der Waals surface area contributed by atoms with Crippen LogP contribution in [0.1, 0.15) is 47.0 Å². The topological polar surface area (TPSA) is 51.5 Å². The average molecular weight is 405 g/mol. The summed E-state index contributed by atoms with van der Waals surface area (Å²) < 4.78 is 7.48. The zero-order chi connectivity index (χ0) is 18.8. The molecule has 0 aromatic carbocycles. The molecule has 1 fully saturated rings. The molecule has 1 amide bonds. The summed E-state index contributed by atoms with van der Waals surface area (Å²) in [5, 5.41) is 0.899. The third kappa shape index (κ3) is 3.80. The van der Waals surface area contributed by atoms with Crippen molar-refractivity contribution < 1.29 is 14.3 Å². The number of hydrogen-bond acceptors (Lipinski definition) is 5. The number of rotatable bonds is 4. The van der Waals surface area contributed by atoms with Gasteiger partial charge in [-0.25, -0.2) is 4.79 Å². The minimum atomic E-state index is -0.374. The van der Waals surface area contributed by atoms with Crippen LogP contribution in [-0.2, 0) is 21.7 Å². The fraction of sp³-hybridized carbons (Fsp3) is 0.500. The van der Waals surface area contributed by atoms with Crippen molar-refractivity contribution in [1.82, 2.24) is 9.47 Å². The highest BCUT2D eigenvalue weighted by Crippen LogP contribution is 2.38. The van der Waals surface area contributed by atoms with Crippen molar-refractivity contribution >= 4 is 35.0 Å². The summed E-state index contributed by atoms with van der Waals surface area (Å²) in [4.78, 5) is 28.6. The minimum Gasteiger partial charge on any atom is -0.452 e. The van der Waals surface area contributed by atoms with Crippen molar-refractivity contribution in [2.75, 3.05) is 18.9 Å². The summed E-state index contributed by atoms with van der Waals surface area (Å²) >= 11 is 3.55. The second kappa shape index (κ2) is 8.10. The highest BCUT2D eigenvalue weighted by atomic mass is 32.2. The number of carbonyl (C=O) groups is 2. The van der Waals surface area contributed by atoms with Gasteiger partial charge in [0.25, 0.3) is 5.91 Å². The van der Waals surface area contributed by atoms with Gasteiger partial charge in [-0.15, -0.1) is 11.3 Å². The van der Waals surface area contributed by atoms with E-state index >= 15 is 0 Å². The molecule has 7 heteroatoms. The Morgan fingerprint density at radius 2 is 2.07 bits per heavy atom. The predicted octanol–water partition coefficient (Wildman–Crippen LogP) is 3.89. The van der Waals surface area contributed by atoms with Gasteiger partial charge < -0.3 is 14.2 Å². The molecule has 0 spiro atoms. The van der Waals surface area contributed by atoms with E-state index < -0.39 is 0 Å². The number of aromatic nitrogens is 1. The molecule has 2 aromatic rings. The monoisotopic (exact) mass is 404 g/mol. The molecule has 1 atom stereocenters. The predicted molar refractivity (Wildman–Crippen MR) is 109 cm³/mol. The number of likely N-dealkylation sites (tertiary alicyclic amines) is 1. The van der Waals surface area contributed by atoms with Crippen LogP contribution >= 0.6 is 23.1 Å². The van der Waals surface area contributed by atoms with Crippen molar-refractivity contribution in [3.8, 4) is 5.00 Å². The summed E-state index contributed by atoms with van der Waals surface area (Å²) in [6.07, 6.45) is 7.97. The van der Waals surface area contributed by atoms with E-state index in [1.165, 1.54) is 4.88 Å². The molecule has 2 aliphatic rings. The third-order valence-corrected chi connectivity index (χ3v) is 7.71. The van der Waals surface area contributed by atoms with Gasteiger partial charge in [0.1, 0.15) is 5.00 Å². The van der Waals surface area contributed by atoms with Gasteiger partial charge in [0.2, 0.25) is 0 Å². The van der Waals surface area contributed by atoms with E-state index in [9.17, 15) is 9.59 Å². The van der Waals surface area contributed by atoms with Crippen LogP contribution in [0.5, 0.6) is 0 Å². The fourth-order valence-corrected chi connectivity index (χ4v) is 6.27. The van der Waals surface area contributed by atoms with Gasteiger partial charge in [-0.3, -0.25) is 4.79 Å². The molecular weight excluding hydrogens is 380 g/mol. The smallest absolute Gasteiger partial charge is 0.341 e. The Bertz CT molecular complexity index is 829. The van der Waals surface area contributed by atoms with Crippen LogP contribution in [0.3, 0.4) is 0 Å². The first kappa shape index (κ1) is 18.6. The Labute approximate surface area is 167 Å². The largest absolute Gasteiger partial charge is 0.452 e. The first-order valence-electron chi connectivity index (χ1n) is 9.47. The maximum atomic E-state index is 13.0. The van der Waals surface area contributed by atoms with Gasteiger partial charge >= 0.3 is 5.97 Å². The van der Waals surface area contributed by atoms with E-state index in [1.807, 2.05) is 45.8 Å². The zero-order valence-electron chi connectivity index (χ0n) is 15.5. The van der Waals surface area contributed by atoms with Gasteiger partial charge in [-0.05, 0) is 56.1 Å². The number of ether oxygens (including phenoxy) is 1. The summed E-state index contributed by atoms with van der Waals surface area (Å²) in [6, 6.07) is 4.12. The Kier molecular flexibility index (Phi) is 5.59. The quantitative estimate of drug-likeness (QED) is 0.726. The minimum absolute atomic E-state index is 0.0854. The van der Waals surface area contributed by atoms with E-state index in [0.717, 1.165) is 54.3 Å². The van der Waals surface area contributed by atoms with Crippen molar-refractivity contribution in [2.24, 2.45) is 0 Å². The van der Waals surface area contributed by atoms with Crippen LogP contribution in [0.4, 0.5) is 0 Å². The Morgan fingerprint density at radius 3 is 2.85 bits per heavy atom. The van der Waals surface area contributed by atoms with E-state index in [1.54, 1.807) is 11.3 Å². The Balaban J connectivity index is 1.53. The Hall–Kier alpha value is -1.73. The number of amides is 1. The molecule has 27 heavy (non-hydrogen) atoms. The number of piperidine rings is 1. The maximum Gasteiger partial charge on any atom is 0.341 e. The number of esters is 1. The lowest BCUT2D eigenvalue weighted by Crippen LogP contribution is -2.44. The van der Waals surface area contributed by atoms with E-state index in [2.05, 4.69) is 6.92 Å². The molecule has 4 rings (SSSR count). The van der Waals surface area contributed by atoms with Gasteiger partial charge in [-0.1, -0.05) is 0 Å². The zero-order valence-corrected chi connectivity index (χ0v) is 17.1. The van der Waals surface area contributed by atoms with Crippen LogP contribution < -0.4 is 0 Å². The molecule has 5 nitrogen and oxygen atoms in total. The number of carbonyl (C=O) groups excluding carboxylic acids is 2. The number of nitrogens with zero attached hydrogens (tertiary/aromatic N) is 2. The second-order valence-corrected chi connectivity index (χ2v) is 9.27. The van der Waals surface area contributed by atoms with Gasteiger partial charge in [0.05, 0.1) is 5.56 Å². The normalized spacial score (nSPS) is 19.6. The Morgan fingerprint density at radius 1 is 1.26 bits per heavy atom. The van der Waals surface area contributed by atoms with Gasteiger partial charge in [-0.2, -0.15) is 11.8 Å². The lowest BCUT2D eigenvalue weighted by molar-refractivity contribution is -0.137. The summed E-state index contributed by atoms with van der Waals surface area (Å²) in [7, 11) is 0. The summed E-state index contributed by atoms with van der Waals surface area (Å²) in [6.45, 7) is 2.65. The van der Waals surface area contributed by atoms with Crippen LogP contribution in [0.25, 0.3) is 5.00 Å². The number of hydrogen-bond donors (Lipinski definition) is 0. The molecule has 4 heterocycles. The molecule has 2 aliphatic heterocycles. The first-order chi connectivity index (χ1) is 13.1. The molecule has 0 radical (unpaired) electrons. The van der Waals surface area contributed by atoms with Crippen molar-refractivity contribution in [2.45, 2.75) is 44.4 Å². The fourth-order valence-electron chi connectivity index (χ4n) is 3.83. The van der Waals surface area contributed by atoms with Crippen LogP contribution in [0.2, 0.25) is 0 Å². The molecule has 0 aliphatic carbocycles. The molecule has 0 saturated carbocycles. The molecule has 1 unspecified atom stereocenters. The number of fused-ring (bicyclic) bond motifs is 1. The van der Waals surface area contributed by atoms with E-state index in [4.69, 9.17) is 4.74 Å².